The number of hydrogen-bond acceptors (Lipinski definition) is 3. The van der Waals surface area contributed by atoms with E-state index in [0.29, 0.717) is 23.0 Å². The van der Waals surface area contributed by atoms with Crippen LogP contribution in [0, 0.1) is 17.8 Å². The number of allylic oxidation sites excluding steroid dienone is 2. The Morgan fingerprint density at radius 2 is 1.53 bits per heavy atom. The molecule has 1 aromatic carbocycles. The normalized spacial score (nSPS) is 14.2. The zero-order valence-corrected chi connectivity index (χ0v) is 21.0. The van der Waals surface area contributed by atoms with E-state index in [1.54, 1.807) is 18.2 Å². The van der Waals surface area contributed by atoms with Crippen molar-refractivity contribution >= 4 is 11.0 Å². The first kappa shape index (κ1) is 26.2. The average molecular weight is 441 g/mol. The summed E-state index contributed by atoms with van der Waals surface area (Å²) in [5.74, 6) is 2.50. The highest BCUT2D eigenvalue weighted by atomic mass is 16.4. The van der Waals surface area contributed by atoms with Crippen LogP contribution in [0.15, 0.2) is 45.1 Å². The van der Waals surface area contributed by atoms with Crippen LogP contribution in [-0.2, 0) is 6.42 Å². The van der Waals surface area contributed by atoms with Gasteiger partial charge in [-0.2, -0.15) is 0 Å². The van der Waals surface area contributed by atoms with E-state index in [9.17, 15) is 9.90 Å². The van der Waals surface area contributed by atoms with Gasteiger partial charge in [0.2, 0.25) is 0 Å². The Morgan fingerprint density at radius 1 is 0.938 bits per heavy atom. The standard InChI is InChI=1S/C29H44O3/c1-21(2)11-8-12-22(3)13-9-14-23(4)15-10-16-24(5)19-20-26-28(30)25-17-6-7-18-27(25)32-29(26)31/h6-7,17-19,21-23,30H,8-16,20H2,1-5H3. The highest BCUT2D eigenvalue weighted by molar-refractivity contribution is 5.83. The van der Waals surface area contributed by atoms with Crippen LogP contribution in [0.1, 0.15) is 98.0 Å². The fourth-order valence-electron chi connectivity index (χ4n) is 4.44. The number of rotatable bonds is 14. The van der Waals surface area contributed by atoms with Gasteiger partial charge in [0.25, 0.3) is 0 Å². The summed E-state index contributed by atoms with van der Waals surface area (Å²) < 4.78 is 5.36. The minimum atomic E-state index is -0.447. The second-order valence-electron chi connectivity index (χ2n) is 10.3. The molecular formula is C29H44O3. The van der Waals surface area contributed by atoms with Gasteiger partial charge in [-0.3, -0.25) is 0 Å². The third kappa shape index (κ3) is 8.84. The molecule has 0 aliphatic carbocycles. The first-order valence-corrected chi connectivity index (χ1v) is 12.7. The van der Waals surface area contributed by atoms with Crippen LogP contribution < -0.4 is 5.63 Å². The molecule has 1 aromatic heterocycles. The van der Waals surface area contributed by atoms with E-state index in [0.717, 1.165) is 24.2 Å². The van der Waals surface area contributed by atoms with Crippen LogP contribution in [-0.4, -0.2) is 5.11 Å². The maximum absolute atomic E-state index is 12.3. The van der Waals surface area contributed by atoms with Crippen molar-refractivity contribution in [3.63, 3.8) is 0 Å². The van der Waals surface area contributed by atoms with Crippen molar-refractivity contribution < 1.29 is 9.52 Å². The zero-order chi connectivity index (χ0) is 23.5. The van der Waals surface area contributed by atoms with Crippen molar-refractivity contribution in [2.45, 2.75) is 98.8 Å². The predicted molar refractivity (Wildman–Crippen MR) is 136 cm³/mol. The topological polar surface area (TPSA) is 50.4 Å². The Labute approximate surface area is 194 Å². The highest BCUT2D eigenvalue weighted by Gasteiger charge is 2.12. The molecule has 1 heterocycles. The number of fused-ring (bicyclic) bond motifs is 1. The molecule has 0 aliphatic rings. The molecule has 2 atom stereocenters. The maximum atomic E-state index is 12.3. The number of benzene rings is 1. The predicted octanol–water partition coefficient (Wildman–Crippen LogP) is 8.43. The van der Waals surface area contributed by atoms with E-state index >= 15 is 0 Å². The summed E-state index contributed by atoms with van der Waals surface area (Å²) in [5.41, 5.74) is 1.59. The third-order valence-corrected chi connectivity index (χ3v) is 6.67. The van der Waals surface area contributed by atoms with Crippen LogP contribution in [0.3, 0.4) is 0 Å². The van der Waals surface area contributed by atoms with Gasteiger partial charge in [0.15, 0.2) is 0 Å². The monoisotopic (exact) mass is 440 g/mol. The van der Waals surface area contributed by atoms with Crippen LogP contribution in [0.2, 0.25) is 0 Å². The van der Waals surface area contributed by atoms with E-state index < -0.39 is 5.63 Å². The molecule has 0 bridgehead atoms. The van der Waals surface area contributed by atoms with Gasteiger partial charge in [0, 0.05) is 6.42 Å². The van der Waals surface area contributed by atoms with Gasteiger partial charge in [0.05, 0.1) is 10.9 Å². The van der Waals surface area contributed by atoms with Crippen molar-refractivity contribution in [3.05, 3.63) is 51.9 Å². The quantitative estimate of drug-likeness (QED) is 0.237. The molecular weight excluding hydrogens is 396 g/mol. The van der Waals surface area contributed by atoms with Crippen molar-refractivity contribution in [1.82, 2.24) is 0 Å². The summed E-state index contributed by atoms with van der Waals surface area (Å²) in [5, 5.41) is 11.1. The molecule has 0 saturated heterocycles. The number of para-hydroxylation sites is 1. The van der Waals surface area contributed by atoms with Gasteiger partial charge in [-0.05, 0) is 49.7 Å². The molecule has 0 saturated carbocycles. The molecule has 3 heteroatoms. The largest absolute Gasteiger partial charge is 0.507 e. The molecule has 0 fully saturated rings. The molecule has 178 valence electrons. The second kappa shape index (κ2) is 13.5. The van der Waals surface area contributed by atoms with Crippen molar-refractivity contribution in [2.24, 2.45) is 17.8 Å². The first-order chi connectivity index (χ1) is 15.3. The maximum Gasteiger partial charge on any atom is 0.343 e. The van der Waals surface area contributed by atoms with Gasteiger partial charge in [-0.15, -0.1) is 0 Å². The van der Waals surface area contributed by atoms with Crippen molar-refractivity contribution in [2.75, 3.05) is 0 Å². The molecule has 0 aliphatic heterocycles. The van der Waals surface area contributed by atoms with E-state index in [-0.39, 0.29) is 5.75 Å². The van der Waals surface area contributed by atoms with Crippen molar-refractivity contribution in [1.29, 1.82) is 0 Å². The van der Waals surface area contributed by atoms with Crippen molar-refractivity contribution in [3.8, 4) is 5.75 Å². The summed E-state index contributed by atoms with van der Waals surface area (Å²) in [6, 6.07) is 7.11. The van der Waals surface area contributed by atoms with Crippen LogP contribution in [0.5, 0.6) is 5.75 Å². The minimum Gasteiger partial charge on any atom is -0.507 e. The minimum absolute atomic E-state index is 0.0490. The molecule has 0 radical (unpaired) electrons. The SMILES string of the molecule is CC(=CCc1c(O)c2ccccc2oc1=O)CCCC(C)CCCC(C)CCCC(C)C. The Bertz CT molecular complexity index is 906. The highest BCUT2D eigenvalue weighted by Crippen LogP contribution is 2.27. The lowest BCUT2D eigenvalue weighted by Crippen LogP contribution is -2.07. The lowest BCUT2D eigenvalue weighted by Gasteiger charge is -2.15. The number of hydrogen-bond donors (Lipinski definition) is 1. The summed E-state index contributed by atoms with van der Waals surface area (Å²) in [6.45, 7) is 11.5. The fourth-order valence-corrected chi connectivity index (χ4v) is 4.44. The second-order valence-corrected chi connectivity index (χ2v) is 10.3. The van der Waals surface area contributed by atoms with Gasteiger partial charge in [-0.25, -0.2) is 4.79 Å². The third-order valence-electron chi connectivity index (χ3n) is 6.67. The summed E-state index contributed by atoms with van der Waals surface area (Å²) in [4.78, 5) is 12.3. The molecule has 3 nitrogen and oxygen atoms in total. The average Bonchev–Trinajstić information content (AvgIpc) is 2.73. The van der Waals surface area contributed by atoms with E-state index in [4.69, 9.17) is 4.42 Å². The Morgan fingerprint density at radius 3 is 2.19 bits per heavy atom. The van der Waals surface area contributed by atoms with Crippen LogP contribution >= 0.6 is 0 Å². The molecule has 0 amide bonds. The summed E-state index contributed by atoms with van der Waals surface area (Å²) in [6.07, 6.45) is 14.1. The van der Waals surface area contributed by atoms with Gasteiger partial charge in [-0.1, -0.05) is 96.4 Å². The molecule has 2 rings (SSSR count). The van der Waals surface area contributed by atoms with Crippen LogP contribution in [0.4, 0.5) is 0 Å². The van der Waals surface area contributed by atoms with Gasteiger partial charge in [0.1, 0.15) is 11.3 Å². The first-order valence-electron chi connectivity index (χ1n) is 12.7. The Balaban J connectivity index is 1.70. The summed E-state index contributed by atoms with van der Waals surface area (Å²) >= 11 is 0. The van der Waals surface area contributed by atoms with E-state index in [1.165, 1.54) is 56.9 Å². The molecule has 2 unspecified atom stereocenters. The lowest BCUT2D eigenvalue weighted by atomic mass is 9.91. The molecule has 2 aromatic rings. The summed E-state index contributed by atoms with van der Waals surface area (Å²) in [7, 11) is 0. The Kier molecular flexibility index (Phi) is 11.1. The molecule has 32 heavy (non-hydrogen) atoms. The number of aromatic hydroxyl groups is 1. The fraction of sp³-hybridized carbons (Fsp3) is 0.621. The zero-order valence-electron chi connectivity index (χ0n) is 21.0. The van der Waals surface area contributed by atoms with Crippen LogP contribution in [0.25, 0.3) is 11.0 Å². The van der Waals surface area contributed by atoms with Gasteiger partial charge < -0.3 is 9.52 Å². The smallest absolute Gasteiger partial charge is 0.343 e. The molecule has 0 spiro atoms. The van der Waals surface area contributed by atoms with E-state index in [2.05, 4.69) is 40.7 Å². The lowest BCUT2D eigenvalue weighted by molar-refractivity contribution is 0.389. The van der Waals surface area contributed by atoms with Gasteiger partial charge >= 0.3 is 5.63 Å². The Hall–Kier alpha value is -2.03. The molecule has 1 N–H and O–H groups in total. The van der Waals surface area contributed by atoms with E-state index in [1.807, 2.05) is 6.07 Å².